The zero-order chi connectivity index (χ0) is 52.3. The van der Waals surface area contributed by atoms with Crippen LogP contribution in [0, 0.1) is 28.4 Å². The van der Waals surface area contributed by atoms with Crippen LogP contribution in [0.15, 0.2) is 83.9 Å². The molecule has 4 atom stereocenters. The van der Waals surface area contributed by atoms with E-state index < -0.39 is 43.1 Å². The molecule has 18 nitrogen and oxygen atoms in total. The number of ether oxygens (including phenoxy) is 3. The van der Waals surface area contributed by atoms with Crippen LogP contribution in [-0.4, -0.2) is 140 Å². The van der Waals surface area contributed by atoms with Crippen LogP contribution >= 0.6 is 0 Å². The molecule has 2 saturated carbocycles. The number of amides is 1. The molecule has 7 heterocycles. The van der Waals surface area contributed by atoms with Gasteiger partial charge in [-0.05, 0) is 149 Å². The average Bonchev–Trinajstić information content (AvgIpc) is 4.01. The van der Waals surface area contributed by atoms with Crippen molar-refractivity contribution in [2.75, 3.05) is 80.8 Å². The van der Waals surface area contributed by atoms with E-state index in [0.29, 0.717) is 80.0 Å². The Bertz CT molecular complexity index is 3080. The molecule has 2 aliphatic carbocycles. The molecule has 19 heteroatoms. The minimum atomic E-state index is -4.63. The highest BCUT2D eigenvalue weighted by molar-refractivity contribution is 7.90. The molecule has 3 aromatic carbocycles. The summed E-state index contributed by atoms with van der Waals surface area (Å²) in [5.41, 5.74) is 4.96. The highest BCUT2D eigenvalue weighted by atomic mass is 32.2. The van der Waals surface area contributed by atoms with Crippen molar-refractivity contribution in [3.8, 4) is 5.88 Å². The van der Waals surface area contributed by atoms with Gasteiger partial charge in [0, 0.05) is 87.3 Å². The first-order valence-corrected chi connectivity index (χ1v) is 29.0. The van der Waals surface area contributed by atoms with Gasteiger partial charge in [0.1, 0.15) is 23.1 Å². The number of aryl methyl sites for hydroxylation is 1. The number of nitrogens with zero attached hydrogens (tertiary/aromatic N) is 6. The van der Waals surface area contributed by atoms with Gasteiger partial charge in [0.25, 0.3) is 21.6 Å². The van der Waals surface area contributed by atoms with Gasteiger partial charge in [-0.3, -0.25) is 24.7 Å². The SMILES string of the molecule is Cc1ccccc1[C@H]1CC[C@H](N2CCOCC2)CN1C1CC2(CCN(c3ccc(C(=O)NS(=O)(=O)c4ccc(NC[C@H]5CC[C@](C)(O)CC5)c([N+](=O)[O-])c4)c(N4c5cc6cc[nH]c6nc5O[C@H]5COCC[C@@H]54)c3)CC2)C1. The number of H-pyrrole nitrogens is 1. The van der Waals surface area contributed by atoms with Crippen molar-refractivity contribution in [2.45, 2.75) is 125 Å². The topological polar surface area (TPSA) is 208 Å². The molecule has 404 valence electrons. The fourth-order valence-electron chi connectivity index (χ4n) is 13.8. The number of nitro groups is 1. The lowest BCUT2D eigenvalue weighted by Gasteiger charge is -2.59. The van der Waals surface area contributed by atoms with Gasteiger partial charge in [0.15, 0.2) is 0 Å². The Balaban J connectivity index is 0.812. The third-order valence-electron chi connectivity index (χ3n) is 18.3. The zero-order valence-corrected chi connectivity index (χ0v) is 44.4. The first-order valence-electron chi connectivity index (χ1n) is 27.6. The number of aliphatic hydroxyl groups is 1. The summed E-state index contributed by atoms with van der Waals surface area (Å²) in [6.45, 7) is 11.6. The fraction of sp³-hybridized carbons (Fsp3) is 0.544. The summed E-state index contributed by atoms with van der Waals surface area (Å²) < 4.78 is 49.0. The molecule has 2 aromatic heterocycles. The largest absolute Gasteiger partial charge is 0.468 e. The third-order valence-corrected chi connectivity index (χ3v) is 19.6. The molecule has 0 radical (unpaired) electrons. The maximum atomic E-state index is 14.8. The summed E-state index contributed by atoms with van der Waals surface area (Å²) in [6.07, 6.45) is 11.5. The smallest absolute Gasteiger partial charge is 0.293 e. The summed E-state index contributed by atoms with van der Waals surface area (Å²) >= 11 is 0. The first-order chi connectivity index (χ1) is 36.7. The molecule has 6 fully saturated rings. The highest BCUT2D eigenvalue weighted by Crippen LogP contribution is 2.54. The number of morpholine rings is 1. The molecular formula is C57H71N9O9S. The van der Waals surface area contributed by atoms with E-state index in [1.54, 1.807) is 6.07 Å². The molecule has 1 amide bonds. The highest BCUT2D eigenvalue weighted by Gasteiger charge is 2.51. The van der Waals surface area contributed by atoms with E-state index in [4.69, 9.17) is 19.2 Å². The van der Waals surface area contributed by atoms with Crippen LogP contribution in [-0.2, 0) is 19.5 Å². The van der Waals surface area contributed by atoms with Crippen LogP contribution in [0.1, 0.15) is 105 Å². The Hall–Kier alpha value is -5.83. The number of pyridine rings is 1. The summed E-state index contributed by atoms with van der Waals surface area (Å²) in [4.78, 5) is 44.2. The third kappa shape index (κ3) is 10.0. The second-order valence-corrected chi connectivity index (χ2v) is 24.8. The molecule has 0 bridgehead atoms. The molecule has 12 rings (SSSR count). The Morgan fingerprint density at radius 3 is 2.46 bits per heavy atom. The summed E-state index contributed by atoms with van der Waals surface area (Å²) in [5.74, 6) is -0.304. The number of anilines is 4. The minimum Gasteiger partial charge on any atom is -0.468 e. The molecule has 76 heavy (non-hydrogen) atoms. The number of nitrogens with one attached hydrogen (secondary N) is 3. The lowest BCUT2D eigenvalue weighted by molar-refractivity contribution is -0.384. The number of aromatic nitrogens is 2. The van der Waals surface area contributed by atoms with E-state index in [1.807, 2.05) is 37.4 Å². The Labute approximate surface area is 444 Å². The average molecular weight is 1060 g/mol. The number of nitro benzene ring substituents is 1. The monoisotopic (exact) mass is 1060 g/mol. The molecule has 4 saturated heterocycles. The number of fused-ring (bicyclic) bond motifs is 3. The molecule has 1 spiro atoms. The van der Waals surface area contributed by atoms with Gasteiger partial charge in [0.05, 0.1) is 52.5 Å². The molecule has 0 unspecified atom stereocenters. The zero-order valence-electron chi connectivity index (χ0n) is 43.6. The Kier molecular flexibility index (Phi) is 13.8. The number of piperidine rings is 2. The van der Waals surface area contributed by atoms with Gasteiger partial charge in [-0.25, -0.2) is 13.1 Å². The summed E-state index contributed by atoms with van der Waals surface area (Å²) in [7, 11) is -4.63. The second-order valence-electron chi connectivity index (χ2n) is 23.1. The lowest BCUT2D eigenvalue weighted by atomic mass is 9.59. The minimum absolute atomic E-state index is 0.120. The van der Waals surface area contributed by atoms with Gasteiger partial charge >= 0.3 is 0 Å². The summed E-state index contributed by atoms with van der Waals surface area (Å²) in [6, 6.07) is 23.3. The van der Waals surface area contributed by atoms with Crippen LogP contribution in [0.3, 0.4) is 0 Å². The van der Waals surface area contributed by atoms with E-state index in [1.165, 1.54) is 42.5 Å². The van der Waals surface area contributed by atoms with Crippen LogP contribution in [0.2, 0.25) is 0 Å². The molecule has 5 aromatic rings. The summed E-state index contributed by atoms with van der Waals surface area (Å²) in [5, 5.41) is 26.8. The predicted molar refractivity (Wildman–Crippen MR) is 290 cm³/mol. The van der Waals surface area contributed by atoms with Crippen molar-refractivity contribution in [3.63, 3.8) is 0 Å². The maximum absolute atomic E-state index is 14.8. The maximum Gasteiger partial charge on any atom is 0.293 e. The van der Waals surface area contributed by atoms with Crippen molar-refractivity contribution >= 4 is 55.4 Å². The fourth-order valence-corrected chi connectivity index (χ4v) is 14.8. The Morgan fingerprint density at radius 2 is 1.68 bits per heavy atom. The number of aromatic amines is 1. The van der Waals surface area contributed by atoms with Crippen LogP contribution in [0.25, 0.3) is 11.0 Å². The molecular weight excluding hydrogens is 987 g/mol. The van der Waals surface area contributed by atoms with Gasteiger partial charge in [-0.1, -0.05) is 24.3 Å². The number of carbonyl (C=O) groups is 1. The second kappa shape index (κ2) is 20.5. The first kappa shape index (κ1) is 51.0. The van der Waals surface area contributed by atoms with Gasteiger partial charge < -0.3 is 39.4 Å². The number of carbonyl (C=O) groups excluding carboxylic acids is 1. The van der Waals surface area contributed by atoms with Crippen LogP contribution < -0.4 is 24.6 Å². The molecule has 5 aliphatic heterocycles. The van der Waals surface area contributed by atoms with Crippen molar-refractivity contribution < 1.29 is 37.5 Å². The number of rotatable bonds is 12. The quantitative estimate of drug-likeness (QED) is 0.0686. The van der Waals surface area contributed by atoms with Crippen molar-refractivity contribution in [3.05, 3.63) is 106 Å². The number of sulfonamides is 1. The van der Waals surface area contributed by atoms with E-state index in [-0.39, 0.29) is 28.6 Å². The normalized spacial score (nSPS) is 27.3. The van der Waals surface area contributed by atoms with Crippen molar-refractivity contribution in [1.82, 2.24) is 24.5 Å². The van der Waals surface area contributed by atoms with E-state index >= 15 is 0 Å². The number of hydrogen-bond acceptors (Lipinski definition) is 15. The van der Waals surface area contributed by atoms with Gasteiger partial charge in [-0.2, -0.15) is 4.98 Å². The van der Waals surface area contributed by atoms with Gasteiger partial charge in [0.2, 0.25) is 5.88 Å². The van der Waals surface area contributed by atoms with E-state index in [9.17, 15) is 28.4 Å². The van der Waals surface area contributed by atoms with E-state index in [2.05, 4.69) is 65.8 Å². The number of likely N-dealkylation sites (tertiary alicyclic amines) is 1. The molecule has 4 N–H and O–H groups in total. The lowest BCUT2D eigenvalue weighted by Crippen LogP contribution is -2.60. The van der Waals surface area contributed by atoms with Crippen LogP contribution in [0.4, 0.5) is 28.4 Å². The van der Waals surface area contributed by atoms with Gasteiger partial charge in [-0.15, -0.1) is 0 Å². The molecule has 7 aliphatic rings. The number of benzene rings is 3. The Morgan fingerprint density at radius 1 is 0.895 bits per heavy atom. The van der Waals surface area contributed by atoms with Crippen molar-refractivity contribution in [2.24, 2.45) is 11.3 Å². The standard InChI is InChI=1S/C57H71N9O9S/c1-37-5-3-4-6-44(37)47-12-8-41(63-24-27-73-28-25-63)35-64(47)42-32-57(33-42)19-22-62(23-20-57)40-7-10-45(49(30-40)65-48-16-26-74-36-52(48)75-55-51(65)29-39-15-21-58-53(39)60-55)54(67)61-76(71,72)43-9-11-46(50(31-43)66(69)70)59-34-38-13-17-56(2,68)18-14-38/h3-7,9-11,15,21,29-31,38,41-42,47-48,52,59,68H,8,12-14,16-20,22-28,32-36H2,1-2H3,(H,58,60)(H,61,67)/t38-,41-,47+,48-,52-,56-/m0/s1. The van der Waals surface area contributed by atoms with Crippen molar-refractivity contribution in [1.29, 1.82) is 0 Å². The number of hydrogen-bond donors (Lipinski definition) is 4. The predicted octanol–water partition coefficient (Wildman–Crippen LogP) is 8.23. The van der Waals surface area contributed by atoms with E-state index in [0.717, 1.165) is 95.2 Å². The van der Waals surface area contributed by atoms with Crippen LogP contribution in [0.5, 0.6) is 5.88 Å².